The van der Waals surface area contributed by atoms with Crippen LogP contribution in [-0.2, 0) is 9.59 Å². The maximum atomic E-state index is 13.0. The Labute approximate surface area is 176 Å². The van der Waals surface area contributed by atoms with Gasteiger partial charge in [0.15, 0.2) is 4.34 Å². The molecule has 5 rings (SSSR count). The average molecular weight is 417 g/mol. The van der Waals surface area contributed by atoms with Crippen molar-refractivity contribution in [2.75, 3.05) is 4.90 Å². The zero-order chi connectivity index (χ0) is 19.8. The molecule has 1 atom stereocenters. The van der Waals surface area contributed by atoms with E-state index in [2.05, 4.69) is 4.98 Å². The number of benzene rings is 3. The van der Waals surface area contributed by atoms with Gasteiger partial charge >= 0.3 is 0 Å². The van der Waals surface area contributed by atoms with Crippen LogP contribution in [0.3, 0.4) is 0 Å². The van der Waals surface area contributed by atoms with E-state index in [-0.39, 0.29) is 18.2 Å². The first-order valence-electron chi connectivity index (χ1n) is 9.23. The highest BCUT2D eigenvalue weighted by Gasteiger charge is 2.40. The summed E-state index contributed by atoms with van der Waals surface area (Å²) in [4.78, 5) is 31.4. The van der Waals surface area contributed by atoms with Gasteiger partial charge in [0.2, 0.25) is 11.8 Å². The molecule has 1 aliphatic heterocycles. The molecule has 0 spiro atoms. The number of para-hydroxylation sites is 1. The quantitative estimate of drug-likeness (QED) is 0.419. The van der Waals surface area contributed by atoms with E-state index in [1.54, 1.807) is 11.3 Å². The Morgan fingerprint density at radius 2 is 1.55 bits per heavy atom. The monoisotopic (exact) mass is 416 g/mol. The zero-order valence-corrected chi connectivity index (χ0v) is 17.0. The Balaban J connectivity index is 1.36. The van der Waals surface area contributed by atoms with Crippen LogP contribution in [0.1, 0.15) is 6.42 Å². The first-order chi connectivity index (χ1) is 14.2. The fourth-order valence-corrected chi connectivity index (χ4v) is 5.76. The van der Waals surface area contributed by atoms with Crippen molar-refractivity contribution in [2.45, 2.75) is 16.0 Å². The number of anilines is 1. The number of amides is 2. The van der Waals surface area contributed by atoms with Crippen LogP contribution >= 0.6 is 23.1 Å². The number of aromatic nitrogens is 1. The van der Waals surface area contributed by atoms with Crippen LogP contribution in [0.4, 0.5) is 5.69 Å². The maximum absolute atomic E-state index is 13.0. The van der Waals surface area contributed by atoms with Gasteiger partial charge in [-0.25, -0.2) is 9.88 Å². The van der Waals surface area contributed by atoms with Gasteiger partial charge in [0.05, 0.1) is 15.9 Å². The van der Waals surface area contributed by atoms with Crippen molar-refractivity contribution in [3.63, 3.8) is 0 Å². The van der Waals surface area contributed by atoms with Crippen molar-refractivity contribution in [3.8, 4) is 11.1 Å². The van der Waals surface area contributed by atoms with Gasteiger partial charge in [0, 0.05) is 6.42 Å². The third kappa shape index (κ3) is 3.45. The Bertz CT molecular complexity index is 1170. The minimum absolute atomic E-state index is 0.166. The summed E-state index contributed by atoms with van der Waals surface area (Å²) in [7, 11) is 0. The summed E-state index contributed by atoms with van der Waals surface area (Å²) in [5, 5.41) is -0.433. The molecule has 1 fully saturated rings. The van der Waals surface area contributed by atoms with Crippen molar-refractivity contribution < 1.29 is 9.59 Å². The Hall–Kier alpha value is -2.96. The van der Waals surface area contributed by atoms with Crippen molar-refractivity contribution in [2.24, 2.45) is 0 Å². The van der Waals surface area contributed by atoms with E-state index in [4.69, 9.17) is 0 Å². The number of imide groups is 1. The smallest absolute Gasteiger partial charge is 0.247 e. The third-order valence-electron chi connectivity index (χ3n) is 4.86. The fraction of sp³-hybridized carbons (Fsp3) is 0.0870. The second-order valence-electron chi connectivity index (χ2n) is 6.74. The molecule has 0 radical (unpaired) electrons. The van der Waals surface area contributed by atoms with Crippen LogP contribution in [-0.4, -0.2) is 22.0 Å². The van der Waals surface area contributed by atoms with E-state index in [1.165, 1.54) is 16.7 Å². The van der Waals surface area contributed by atoms with Crippen molar-refractivity contribution in [3.05, 3.63) is 78.9 Å². The standard InChI is InChI=1S/C23H16N2O2S2/c26-21-14-20(29-23-24-18-8-4-5-9-19(18)28-23)22(27)25(21)17-12-10-16(11-13-17)15-6-2-1-3-7-15/h1-13,20H,14H2. The molecule has 29 heavy (non-hydrogen) atoms. The molecule has 1 saturated heterocycles. The Morgan fingerprint density at radius 3 is 2.31 bits per heavy atom. The highest BCUT2D eigenvalue weighted by Crippen LogP contribution is 2.37. The summed E-state index contributed by atoms with van der Waals surface area (Å²) in [5.41, 5.74) is 3.69. The molecule has 1 aliphatic rings. The summed E-state index contributed by atoms with van der Waals surface area (Å²) in [6.45, 7) is 0. The first kappa shape index (κ1) is 18.1. The molecular weight excluding hydrogens is 400 g/mol. The lowest BCUT2D eigenvalue weighted by molar-refractivity contribution is -0.121. The molecule has 142 valence electrons. The highest BCUT2D eigenvalue weighted by atomic mass is 32.2. The van der Waals surface area contributed by atoms with E-state index in [0.717, 1.165) is 25.7 Å². The molecule has 1 aromatic heterocycles. The zero-order valence-electron chi connectivity index (χ0n) is 15.3. The third-order valence-corrected chi connectivity index (χ3v) is 7.17. The van der Waals surface area contributed by atoms with Gasteiger partial charge in [-0.2, -0.15) is 0 Å². The van der Waals surface area contributed by atoms with Gasteiger partial charge < -0.3 is 0 Å². The summed E-state index contributed by atoms with van der Waals surface area (Å²) >= 11 is 2.94. The number of rotatable bonds is 4. The predicted octanol–water partition coefficient (Wildman–Crippen LogP) is 5.39. The van der Waals surface area contributed by atoms with E-state index in [1.807, 2.05) is 78.9 Å². The lowest BCUT2D eigenvalue weighted by atomic mass is 10.1. The van der Waals surface area contributed by atoms with Crippen LogP contribution < -0.4 is 4.90 Å². The van der Waals surface area contributed by atoms with Crippen LogP contribution in [0.5, 0.6) is 0 Å². The SMILES string of the molecule is O=C1CC(Sc2nc3ccccc3s2)C(=O)N1c1ccc(-c2ccccc2)cc1. The summed E-state index contributed by atoms with van der Waals surface area (Å²) in [6, 6.07) is 25.5. The van der Waals surface area contributed by atoms with E-state index in [9.17, 15) is 9.59 Å². The molecule has 2 amide bonds. The minimum atomic E-state index is -0.433. The number of carbonyl (C=O) groups excluding carboxylic acids is 2. The van der Waals surface area contributed by atoms with Gasteiger partial charge in [-0.1, -0.05) is 66.4 Å². The minimum Gasteiger partial charge on any atom is -0.274 e. The normalized spacial score (nSPS) is 16.7. The summed E-state index contributed by atoms with van der Waals surface area (Å²) < 4.78 is 1.90. The molecule has 3 aromatic carbocycles. The molecule has 0 saturated carbocycles. The molecule has 4 aromatic rings. The van der Waals surface area contributed by atoms with Crippen LogP contribution in [0.25, 0.3) is 21.3 Å². The highest BCUT2D eigenvalue weighted by molar-refractivity contribution is 8.02. The van der Waals surface area contributed by atoms with Crippen LogP contribution in [0.15, 0.2) is 83.2 Å². The van der Waals surface area contributed by atoms with Gasteiger partial charge in [-0.05, 0) is 35.4 Å². The summed E-state index contributed by atoms with van der Waals surface area (Å²) in [6.07, 6.45) is 0.194. The number of fused-ring (bicyclic) bond motifs is 1. The molecular formula is C23H16N2O2S2. The lowest BCUT2D eigenvalue weighted by Gasteiger charge is -2.15. The van der Waals surface area contributed by atoms with Crippen molar-refractivity contribution in [1.29, 1.82) is 0 Å². The number of thiazole rings is 1. The molecule has 0 aliphatic carbocycles. The first-order valence-corrected chi connectivity index (χ1v) is 10.9. The number of hydrogen-bond acceptors (Lipinski definition) is 5. The topological polar surface area (TPSA) is 50.3 Å². The fourth-order valence-electron chi connectivity index (χ4n) is 3.42. The molecule has 1 unspecified atom stereocenters. The molecule has 0 bridgehead atoms. The van der Waals surface area contributed by atoms with Crippen LogP contribution in [0, 0.1) is 0 Å². The number of nitrogens with zero attached hydrogens (tertiary/aromatic N) is 2. The van der Waals surface area contributed by atoms with E-state index >= 15 is 0 Å². The lowest BCUT2D eigenvalue weighted by Crippen LogP contribution is -2.31. The molecule has 2 heterocycles. The number of thioether (sulfide) groups is 1. The van der Waals surface area contributed by atoms with Gasteiger partial charge in [-0.3, -0.25) is 9.59 Å². The number of hydrogen-bond donors (Lipinski definition) is 0. The van der Waals surface area contributed by atoms with Gasteiger partial charge in [-0.15, -0.1) is 11.3 Å². The summed E-state index contributed by atoms with van der Waals surface area (Å²) in [5.74, 6) is -0.340. The Morgan fingerprint density at radius 1 is 0.862 bits per heavy atom. The largest absolute Gasteiger partial charge is 0.274 e. The second-order valence-corrected chi connectivity index (χ2v) is 9.22. The van der Waals surface area contributed by atoms with E-state index in [0.29, 0.717) is 5.69 Å². The number of carbonyl (C=O) groups is 2. The van der Waals surface area contributed by atoms with Crippen molar-refractivity contribution in [1.82, 2.24) is 4.98 Å². The molecule has 4 nitrogen and oxygen atoms in total. The second kappa shape index (κ2) is 7.46. The van der Waals surface area contributed by atoms with Gasteiger partial charge in [0.1, 0.15) is 5.25 Å². The molecule has 6 heteroatoms. The van der Waals surface area contributed by atoms with E-state index < -0.39 is 5.25 Å². The van der Waals surface area contributed by atoms with Crippen molar-refractivity contribution >= 4 is 50.8 Å². The molecule has 0 N–H and O–H groups in total. The average Bonchev–Trinajstić information content (AvgIpc) is 3.28. The van der Waals surface area contributed by atoms with Gasteiger partial charge in [0.25, 0.3) is 0 Å². The maximum Gasteiger partial charge on any atom is 0.247 e. The predicted molar refractivity (Wildman–Crippen MR) is 118 cm³/mol. The Kier molecular flexibility index (Phi) is 4.66. The van der Waals surface area contributed by atoms with Crippen LogP contribution in [0.2, 0.25) is 0 Å².